The van der Waals surface area contributed by atoms with Gasteiger partial charge in [-0.2, -0.15) is 0 Å². The van der Waals surface area contributed by atoms with E-state index in [1.54, 1.807) is 32.6 Å². The molecule has 0 bridgehead atoms. The first-order valence-corrected chi connectivity index (χ1v) is 13.1. The molecule has 2 fully saturated rings. The quantitative estimate of drug-likeness (QED) is 0.334. The van der Waals surface area contributed by atoms with Crippen LogP contribution in [0.15, 0.2) is 58.4 Å². The number of hydrogen-bond acceptors (Lipinski definition) is 9. The van der Waals surface area contributed by atoms with Crippen LogP contribution in [0.3, 0.4) is 0 Å². The number of aromatic nitrogens is 2. The number of hydrogen-bond donors (Lipinski definition) is 0. The summed E-state index contributed by atoms with van der Waals surface area (Å²) >= 11 is 6.61. The number of nitrogens with zero attached hydrogens (tertiary/aromatic N) is 5. The van der Waals surface area contributed by atoms with Gasteiger partial charge in [0, 0.05) is 39.5 Å². The SMILES string of the molecule is COCCN1C(=O)/C(=C/c2c(N3CCN(c4ccccc4OC)CC3)nc3ccccn3c2=O)SC1=S. The summed E-state index contributed by atoms with van der Waals surface area (Å²) in [5.74, 6) is 1.17. The lowest BCUT2D eigenvalue weighted by Gasteiger charge is -2.37. The normalized spacial score (nSPS) is 17.4. The Hall–Kier alpha value is -3.41. The van der Waals surface area contributed by atoms with Crippen molar-refractivity contribution < 1.29 is 14.3 Å². The number of pyridine rings is 1. The summed E-state index contributed by atoms with van der Waals surface area (Å²) < 4.78 is 12.6. The van der Waals surface area contributed by atoms with Crippen LogP contribution in [-0.2, 0) is 9.53 Å². The van der Waals surface area contributed by atoms with Crippen LogP contribution in [0.4, 0.5) is 11.5 Å². The number of thioether (sulfide) groups is 1. The third-order valence-corrected chi connectivity index (χ3v) is 7.80. The molecule has 2 aliphatic heterocycles. The number of anilines is 2. The highest BCUT2D eigenvalue weighted by Crippen LogP contribution is 2.34. The zero-order valence-electron chi connectivity index (χ0n) is 20.6. The Labute approximate surface area is 224 Å². The van der Waals surface area contributed by atoms with E-state index in [1.807, 2.05) is 36.4 Å². The monoisotopic (exact) mass is 537 g/mol. The first-order chi connectivity index (χ1) is 18.0. The number of carbonyl (C=O) groups is 1. The van der Waals surface area contributed by atoms with Crippen molar-refractivity contribution in [3.05, 3.63) is 69.5 Å². The van der Waals surface area contributed by atoms with Gasteiger partial charge < -0.3 is 19.3 Å². The van der Waals surface area contributed by atoms with Gasteiger partial charge in [0.05, 0.1) is 36.4 Å². The molecule has 3 aromatic rings. The minimum Gasteiger partial charge on any atom is -0.495 e. The molecule has 11 heteroatoms. The van der Waals surface area contributed by atoms with Gasteiger partial charge in [0.25, 0.3) is 11.5 Å². The molecule has 0 atom stereocenters. The van der Waals surface area contributed by atoms with Gasteiger partial charge in [0.2, 0.25) is 0 Å². The number of methoxy groups -OCH3 is 2. The highest BCUT2D eigenvalue weighted by molar-refractivity contribution is 8.26. The molecule has 0 radical (unpaired) electrons. The van der Waals surface area contributed by atoms with E-state index in [0.717, 1.165) is 24.5 Å². The number of amides is 1. The van der Waals surface area contributed by atoms with Crippen molar-refractivity contribution in [2.24, 2.45) is 0 Å². The summed E-state index contributed by atoms with van der Waals surface area (Å²) in [6.45, 7) is 3.52. The van der Waals surface area contributed by atoms with Crippen LogP contribution in [0.5, 0.6) is 5.75 Å². The van der Waals surface area contributed by atoms with Crippen LogP contribution in [0, 0.1) is 0 Å². The number of para-hydroxylation sites is 2. The number of piperazine rings is 1. The fourth-order valence-corrected chi connectivity index (χ4v) is 5.81. The number of fused-ring (bicyclic) bond motifs is 1. The van der Waals surface area contributed by atoms with Crippen LogP contribution in [0.1, 0.15) is 5.56 Å². The summed E-state index contributed by atoms with van der Waals surface area (Å²) in [5, 5.41) is 0. The van der Waals surface area contributed by atoms with E-state index >= 15 is 0 Å². The molecule has 9 nitrogen and oxygen atoms in total. The standard InChI is InChI=1S/C26H27N5O4S2/c1-34-16-15-31-25(33)21(37-26(31)36)17-18-23(27-22-9-5-6-10-30(22)24(18)32)29-13-11-28(12-14-29)19-7-3-4-8-20(19)35-2/h3-10,17H,11-16H2,1-2H3/b21-17-. The van der Waals surface area contributed by atoms with E-state index < -0.39 is 0 Å². The summed E-state index contributed by atoms with van der Waals surface area (Å²) in [5.41, 5.74) is 1.74. The third kappa shape index (κ3) is 4.94. The first-order valence-electron chi connectivity index (χ1n) is 11.9. The Balaban J connectivity index is 1.49. The van der Waals surface area contributed by atoms with Gasteiger partial charge in [0.15, 0.2) is 0 Å². The van der Waals surface area contributed by atoms with Gasteiger partial charge in [-0.1, -0.05) is 42.2 Å². The number of ether oxygens (including phenoxy) is 2. The lowest BCUT2D eigenvalue weighted by Crippen LogP contribution is -2.47. The van der Waals surface area contributed by atoms with E-state index in [9.17, 15) is 9.59 Å². The molecule has 2 aromatic heterocycles. The minimum absolute atomic E-state index is 0.225. The van der Waals surface area contributed by atoms with E-state index in [2.05, 4.69) is 9.80 Å². The largest absolute Gasteiger partial charge is 0.495 e. The topological polar surface area (TPSA) is 79.6 Å². The van der Waals surface area contributed by atoms with Gasteiger partial charge in [-0.25, -0.2) is 4.98 Å². The molecule has 4 heterocycles. The molecule has 0 saturated carbocycles. The van der Waals surface area contributed by atoms with Gasteiger partial charge in [0.1, 0.15) is 21.5 Å². The predicted molar refractivity (Wildman–Crippen MR) is 151 cm³/mol. The minimum atomic E-state index is -0.227. The van der Waals surface area contributed by atoms with Gasteiger partial charge in [-0.15, -0.1) is 0 Å². The Morgan fingerprint density at radius 1 is 1.03 bits per heavy atom. The molecular weight excluding hydrogens is 510 g/mol. The molecule has 2 aliphatic rings. The van der Waals surface area contributed by atoms with E-state index in [-0.39, 0.29) is 11.5 Å². The van der Waals surface area contributed by atoms with Crippen molar-refractivity contribution in [1.29, 1.82) is 0 Å². The molecular formula is C26H27N5O4S2. The molecule has 2 saturated heterocycles. The Morgan fingerprint density at radius 3 is 2.51 bits per heavy atom. The van der Waals surface area contributed by atoms with Crippen molar-refractivity contribution >= 4 is 57.4 Å². The summed E-state index contributed by atoms with van der Waals surface area (Å²) in [4.78, 5) is 37.9. The van der Waals surface area contributed by atoms with Crippen LogP contribution in [-0.4, -0.2) is 78.1 Å². The highest BCUT2D eigenvalue weighted by Gasteiger charge is 2.33. The molecule has 0 spiro atoms. The second-order valence-corrected chi connectivity index (χ2v) is 10.2. The highest BCUT2D eigenvalue weighted by atomic mass is 32.2. The number of benzene rings is 1. The predicted octanol–water partition coefficient (Wildman–Crippen LogP) is 2.88. The van der Waals surface area contributed by atoms with Gasteiger partial charge in [-0.3, -0.25) is 18.9 Å². The van der Waals surface area contributed by atoms with Crippen molar-refractivity contribution in [3.63, 3.8) is 0 Å². The average Bonchev–Trinajstić information content (AvgIpc) is 3.20. The Bertz CT molecular complexity index is 1430. The zero-order valence-corrected chi connectivity index (χ0v) is 22.3. The summed E-state index contributed by atoms with van der Waals surface area (Å²) in [7, 11) is 3.25. The van der Waals surface area contributed by atoms with Crippen molar-refractivity contribution in [1.82, 2.24) is 14.3 Å². The summed E-state index contributed by atoms with van der Waals surface area (Å²) in [6, 6.07) is 13.4. The Kier molecular flexibility index (Phi) is 7.45. The third-order valence-electron chi connectivity index (χ3n) is 6.42. The average molecular weight is 538 g/mol. The van der Waals surface area contributed by atoms with Gasteiger partial charge >= 0.3 is 0 Å². The maximum absolute atomic E-state index is 13.6. The van der Waals surface area contributed by atoms with Crippen molar-refractivity contribution in [2.45, 2.75) is 0 Å². The van der Waals surface area contributed by atoms with Crippen LogP contribution in [0.2, 0.25) is 0 Å². The van der Waals surface area contributed by atoms with E-state index in [1.165, 1.54) is 21.1 Å². The zero-order chi connectivity index (χ0) is 25.9. The number of rotatable bonds is 7. The molecule has 1 aromatic carbocycles. The van der Waals surface area contributed by atoms with E-state index in [0.29, 0.717) is 52.5 Å². The van der Waals surface area contributed by atoms with Crippen molar-refractivity contribution in [2.75, 3.05) is 63.4 Å². The van der Waals surface area contributed by atoms with Crippen LogP contribution >= 0.6 is 24.0 Å². The van der Waals surface area contributed by atoms with Gasteiger partial charge in [-0.05, 0) is 30.3 Å². The maximum atomic E-state index is 13.6. The van der Waals surface area contributed by atoms with Crippen LogP contribution < -0.4 is 20.1 Å². The van der Waals surface area contributed by atoms with Crippen molar-refractivity contribution in [3.8, 4) is 5.75 Å². The fraction of sp³-hybridized carbons (Fsp3) is 0.308. The lowest BCUT2D eigenvalue weighted by atomic mass is 10.2. The summed E-state index contributed by atoms with van der Waals surface area (Å²) in [6.07, 6.45) is 3.33. The molecule has 0 N–H and O–H groups in total. The lowest BCUT2D eigenvalue weighted by molar-refractivity contribution is -0.122. The number of carbonyl (C=O) groups excluding carboxylic acids is 1. The fourth-order valence-electron chi connectivity index (χ4n) is 4.52. The second kappa shape index (κ2) is 10.9. The molecule has 1 amide bonds. The van der Waals surface area contributed by atoms with Crippen LogP contribution in [0.25, 0.3) is 11.7 Å². The first kappa shape index (κ1) is 25.2. The number of thiocarbonyl (C=S) groups is 1. The maximum Gasteiger partial charge on any atom is 0.267 e. The second-order valence-electron chi connectivity index (χ2n) is 8.56. The molecule has 192 valence electrons. The smallest absolute Gasteiger partial charge is 0.267 e. The molecule has 5 rings (SSSR count). The Morgan fingerprint density at radius 2 is 1.76 bits per heavy atom. The molecule has 0 unspecified atom stereocenters. The molecule has 37 heavy (non-hydrogen) atoms. The molecule has 0 aliphatic carbocycles. The van der Waals surface area contributed by atoms with E-state index in [4.69, 9.17) is 26.7 Å².